The molecule has 1 fully saturated rings. The van der Waals surface area contributed by atoms with Crippen molar-refractivity contribution in [1.82, 2.24) is 20.6 Å². The molecule has 4 N–H and O–H groups in total. The van der Waals surface area contributed by atoms with Gasteiger partial charge in [0.2, 0.25) is 5.88 Å². The van der Waals surface area contributed by atoms with Gasteiger partial charge in [-0.25, -0.2) is 4.98 Å². The number of ether oxygens (including phenoxy) is 1. The molecule has 10 heteroatoms. The average molecular weight is 428 g/mol. The number of methoxy groups -OCH3 is 1. The molecule has 1 amide bonds. The minimum Gasteiger partial charge on any atom is -0.480 e. The van der Waals surface area contributed by atoms with Crippen LogP contribution in [0.3, 0.4) is 0 Å². The molecule has 1 aromatic rings. The van der Waals surface area contributed by atoms with Crippen molar-refractivity contribution in [3.63, 3.8) is 0 Å². The van der Waals surface area contributed by atoms with Crippen molar-refractivity contribution >= 4 is 24.1 Å². The number of aliphatic imine (C=N–C) groups is 1. The molecular formula is C21H29N7O3. The third-order valence-electron chi connectivity index (χ3n) is 5.24. The summed E-state index contributed by atoms with van der Waals surface area (Å²) in [6.07, 6.45) is 6.06. The molecular weight excluding hydrogens is 398 g/mol. The molecule has 1 saturated carbocycles. The van der Waals surface area contributed by atoms with E-state index in [-0.39, 0.29) is 18.1 Å². The van der Waals surface area contributed by atoms with Crippen LogP contribution in [-0.2, 0) is 4.79 Å². The van der Waals surface area contributed by atoms with Crippen LogP contribution in [-0.4, -0.2) is 59.9 Å². The summed E-state index contributed by atoms with van der Waals surface area (Å²) in [5.74, 6) is 1.68. The highest BCUT2D eigenvalue weighted by molar-refractivity contribution is 5.99. The second kappa shape index (κ2) is 10.1. The number of aromatic nitrogens is 1. The first kappa shape index (κ1) is 22.3. The van der Waals surface area contributed by atoms with Gasteiger partial charge in [-0.3, -0.25) is 9.79 Å². The lowest BCUT2D eigenvalue weighted by molar-refractivity contribution is -0.118. The van der Waals surface area contributed by atoms with Gasteiger partial charge in [0, 0.05) is 32.1 Å². The van der Waals surface area contributed by atoms with E-state index in [0.717, 1.165) is 19.3 Å². The summed E-state index contributed by atoms with van der Waals surface area (Å²) >= 11 is 0. The summed E-state index contributed by atoms with van der Waals surface area (Å²) in [5, 5.41) is 24.8. The lowest BCUT2D eigenvalue weighted by atomic mass is 9.93. The second-order valence-corrected chi connectivity index (χ2v) is 7.37. The topological polar surface area (TPSA) is 123 Å². The number of hydrazone groups is 1. The molecule has 1 unspecified atom stereocenters. The Kier molecular flexibility index (Phi) is 7.24. The molecule has 166 valence electrons. The van der Waals surface area contributed by atoms with Gasteiger partial charge in [-0.2, -0.15) is 10.1 Å². The Morgan fingerprint density at radius 2 is 2.26 bits per heavy atom. The fourth-order valence-corrected chi connectivity index (χ4v) is 3.63. The Hall–Kier alpha value is -3.40. The number of pyridine rings is 1. The van der Waals surface area contributed by atoms with E-state index in [2.05, 4.69) is 37.7 Å². The quantitative estimate of drug-likeness (QED) is 0.401. The molecule has 0 radical (unpaired) electrons. The largest absolute Gasteiger partial charge is 0.480 e. The fraction of sp³-hybridized carbons (Fsp3) is 0.429. The van der Waals surface area contributed by atoms with Gasteiger partial charge in [0.25, 0.3) is 5.91 Å². The third-order valence-corrected chi connectivity index (χ3v) is 5.24. The van der Waals surface area contributed by atoms with Crippen molar-refractivity contribution in [3.05, 3.63) is 41.6 Å². The van der Waals surface area contributed by atoms with Crippen LogP contribution in [0.25, 0.3) is 0 Å². The number of anilines is 1. The van der Waals surface area contributed by atoms with Gasteiger partial charge in [-0.05, 0) is 44.7 Å². The van der Waals surface area contributed by atoms with Crippen molar-refractivity contribution in [2.24, 2.45) is 10.1 Å². The standard InChI is InChI=1S/C21H29N7O3/c1-13(20(30)25-14-7-5-8-15(29)11-14)19-27-17(12-18(22-2)28(19)23-3)26-16-9-6-10-24-21(16)31-4/h6,9-10,12,14-15,26-27,29H,3,5,7-8,11H2,1-2,4H3,(H,25,30)/b19-13+,22-18?/t14?,15-/m0/s1. The summed E-state index contributed by atoms with van der Waals surface area (Å²) < 4.78 is 5.29. The molecule has 31 heavy (non-hydrogen) atoms. The Balaban J connectivity index is 1.86. The lowest BCUT2D eigenvalue weighted by Crippen LogP contribution is -2.44. The molecule has 1 aromatic heterocycles. The molecule has 0 bridgehead atoms. The number of aliphatic hydroxyl groups excluding tert-OH is 1. The highest BCUT2D eigenvalue weighted by Crippen LogP contribution is 2.24. The Morgan fingerprint density at radius 1 is 1.45 bits per heavy atom. The normalized spacial score (nSPS) is 24.1. The molecule has 2 atom stereocenters. The van der Waals surface area contributed by atoms with Gasteiger partial charge in [0.05, 0.1) is 18.8 Å². The van der Waals surface area contributed by atoms with Crippen LogP contribution >= 0.6 is 0 Å². The number of aliphatic hydroxyl groups is 1. The SMILES string of the molecule is C=NN1C(=NC)C=C(Nc2cccnc2OC)N/C1=C(/C)C(=O)NC1CCC[C@H](O)C1. The molecule has 0 saturated heterocycles. The van der Waals surface area contributed by atoms with E-state index in [0.29, 0.717) is 41.0 Å². The van der Waals surface area contributed by atoms with Gasteiger partial charge >= 0.3 is 0 Å². The first-order valence-electron chi connectivity index (χ1n) is 10.1. The maximum absolute atomic E-state index is 12.9. The summed E-state index contributed by atoms with van der Waals surface area (Å²) in [4.78, 5) is 21.4. The van der Waals surface area contributed by atoms with E-state index in [1.165, 1.54) is 5.01 Å². The number of hydrogen-bond donors (Lipinski definition) is 4. The molecule has 2 heterocycles. The molecule has 3 rings (SSSR count). The number of hydrogen-bond acceptors (Lipinski definition) is 8. The number of amides is 1. The van der Waals surface area contributed by atoms with Gasteiger partial charge in [0.1, 0.15) is 17.3 Å². The van der Waals surface area contributed by atoms with Crippen LogP contribution in [0.2, 0.25) is 0 Å². The van der Waals surface area contributed by atoms with Crippen LogP contribution in [0, 0.1) is 0 Å². The fourth-order valence-electron chi connectivity index (χ4n) is 3.63. The summed E-state index contributed by atoms with van der Waals surface area (Å²) in [6, 6.07) is 3.55. The van der Waals surface area contributed by atoms with Gasteiger partial charge in [-0.1, -0.05) is 0 Å². The van der Waals surface area contributed by atoms with Crippen molar-refractivity contribution < 1.29 is 14.6 Å². The molecule has 2 aliphatic rings. The first-order chi connectivity index (χ1) is 15.0. The lowest BCUT2D eigenvalue weighted by Gasteiger charge is -2.31. The predicted octanol–water partition coefficient (Wildman–Crippen LogP) is 1.54. The van der Waals surface area contributed by atoms with Crippen molar-refractivity contribution in [3.8, 4) is 5.88 Å². The zero-order valence-corrected chi connectivity index (χ0v) is 18.1. The summed E-state index contributed by atoms with van der Waals surface area (Å²) in [6.45, 7) is 5.32. The van der Waals surface area contributed by atoms with E-state index in [9.17, 15) is 9.90 Å². The van der Waals surface area contributed by atoms with E-state index in [1.54, 1.807) is 39.4 Å². The highest BCUT2D eigenvalue weighted by Gasteiger charge is 2.28. The molecule has 0 spiro atoms. The van der Waals surface area contributed by atoms with E-state index < -0.39 is 0 Å². The minimum atomic E-state index is -0.377. The number of amidine groups is 1. The monoisotopic (exact) mass is 427 g/mol. The number of nitrogens with zero attached hydrogens (tertiary/aromatic N) is 4. The van der Waals surface area contributed by atoms with Crippen LogP contribution in [0.4, 0.5) is 5.69 Å². The smallest absolute Gasteiger partial charge is 0.250 e. The maximum Gasteiger partial charge on any atom is 0.250 e. The summed E-state index contributed by atoms with van der Waals surface area (Å²) in [7, 11) is 3.18. The number of carbonyl (C=O) groups is 1. The average Bonchev–Trinajstić information content (AvgIpc) is 2.78. The van der Waals surface area contributed by atoms with Gasteiger partial charge in [-0.15, -0.1) is 0 Å². The second-order valence-electron chi connectivity index (χ2n) is 7.37. The molecule has 10 nitrogen and oxygen atoms in total. The van der Waals surface area contributed by atoms with Crippen molar-refractivity contribution in [1.29, 1.82) is 0 Å². The number of rotatable bonds is 6. The van der Waals surface area contributed by atoms with Crippen LogP contribution in [0.15, 0.2) is 51.7 Å². The van der Waals surface area contributed by atoms with E-state index in [1.807, 2.05) is 6.07 Å². The molecule has 1 aliphatic heterocycles. The maximum atomic E-state index is 12.9. The van der Waals surface area contributed by atoms with Crippen LogP contribution < -0.4 is 20.7 Å². The minimum absolute atomic E-state index is 0.0624. The van der Waals surface area contributed by atoms with E-state index in [4.69, 9.17) is 4.74 Å². The van der Waals surface area contributed by atoms with Crippen molar-refractivity contribution in [2.45, 2.75) is 44.8 Å². The zero-order valence-electron chi connectivity index (χ0n) is 18.1. The number of nitrogens with one attached hydrogen (secondary N) is 3. The highest BCUT2D eigenvalue weighted by atomic mass is 16.5. The van der Waals surface area contributed by atoms with Gasteiger partial charge in [0.15, 0.2) is 5.84 Å². The Labute approximate surface area is 181 Å². The number of carbonyl (C=O) groups excluding carboxylic acids is 1. The third kappa shape index (κ3) is 5.21. The van der Waals surface area contributed by atoms with Crippen LogP contribution in [0.1, 0.15) is 32.6 Å². The summed E-state index contributed by atoms with van der Waals surface area (Å²) in [5.41, 5.74) is 1.07. The Morgan fingerprint density at radius 3 is 2.94 bits per heavy atom. The zero-order chi connectivity index (χ0) is 22.4. The first-order valence-corrected chi connectivity index (χ1v) is 10.1. The van der Waals surface area contributed by atoms with Crippen molar-refractivity contribution in [2.75, 3.05) is 19.5 Å². The predicted molar refractivity (Wildman–Crippen MR) is 119 cm³/mol. The van der Waals surface area contributed by atoms with Gasteiger partial charge < -0.3 is 25.8 Å². The molecule has 1 aliphatic carbocycles. The van der Waals surface area contributed by atoms with E-state index >= 15 is 0 Å². The van der Waals surface area contributed by atoms with Crippen LogP contribution in [0.5, 0.6) is 5.88 Å². The Bertz CT molecular complexity index is 925. The molecule has 0 aromatic carbocycles.